The largest absolute Gasteiger partial charge is 0.384 e. The van der Waals surface area contributed by atoms with E-state index in [4.69, 9.17) is 10.5 Å². The number of aromatic nitrogens is 2. The number of methoxy groups -OCH3 is 1. The second-order valence-electron chi connectivity index (χ2n) is 6.17. The lowest BCUT2D eigenvalue weighted by atomic mass is 9.64. The Morgan fingerprint density at radius 1 is 1.42 bits per heavy atom. The minimum Gasteiger partial charge on any atom is -0.384 e. The lowest BCUT2D eigenvalue weighted by molar-refractivity contribution is -0.0795. The first-order chi connectivity index (χ1) is 8.84. The number of hydrogen-bond acceptors (Lipinski definition) is 5. The Balaban J connectivity index is 2.12. The van der Waals surface area contributed by atoms with Gasteiger partial charge in [0, 0.05) is 30.6 Å². The molecule has 1 aliphatic rings. The van der Waals surface area contributed by atoms with Crippen LogP contribution >= 0.6 is 0 Å². The lowest BCUT2D eigenvalue weighted by Gasteiger charge is -2.51. The smallest absolute Gasteiger partial charge is 0.135 e. The molecule has 106 valence electrons. The predicted molar refractivity (Wildman–Crippen MR) is 77.1 cm³/mol. The number of hydrogen-bond donors (Lipinski definition) is 2. The fourth-order valence-electron chi connectivity index (χ4n) is 2.53. The first-order valence-electron chi connectivity index (χ1n) is 6.78. The van der Waals surface area contributed by atoms with E-state index in [-0.39, 0.29) is 11.3 Å². The summed E-state index contributed by atoms with van der Waals surface area (Å²) >= 11 is 0. The van der Waals surface area contributed by atoms with Gasteiger partial charge in [-0.1, -0.05) is 27.7 Å². The molecular weight excluding hydrogens is 240 g/mol. The minimum atomic E-state index is 0.104. The van der Waals surface area contributed by atoms with Gasteiger partial charge in [0.05, 0.1) is 6.10 Å². The molecule has 1 aromatic rings. The number of nitrogens with zero attached hydrogens (tertiary/aromatic N) is 2. The van der Waals surface area contributed by atoms with E-state index in [0.717, 1.165) is 18.1 Å². The van der Waals surface area contributed by atoms with Crippen LogP contribution in [0.25, 0.3) is 0 Å². The molecule has 19 heavy (non-hydrogen) atoms. The van der Waals surface area contributed by atoms with Gasteiger partial charge in [-0.25, -0.2) is 9.97 Å². The Morgan fingerprint density at radius 2 is 2.11 bits per heavy atom. The molecule has 1 fully saturated rings. The summed E-state index contributed by atoms with van der Waals surface area (Å²) in [6.07, 6.45) is 1.29. The highest BCUT2D eigenvalue weighted by molar-refractivity contribution is 5.46. The maximum absolute atomic E-state index is 5.84. The van der Waals surface area contributed by atoms with Crippen molar-refractivity contribution in [3.8, 4) is 0 Å². The van der Waals surface area contributed by atoms with Gasteiger partial charge >= 0.3 is 0 Å². The zero-order chi connectivity index (χ0) is 14.2. The summed E-state index contributed by atoms with van der Waals surface area (Å²) in [5, 5.41) is 3.46. The standard InChI is InChI=1S/C14H24N4O/c1-8(2)13-17-11(15)7-12(18-13)16-9-6-10(19-5)14(9,3)4/h7-10H,6H2,1-5H3,(H3,15,16,17,18). The van der Waals surface area contributed by atoms with Gasteiger partial charge in [-0.3, -0.25) is 0 Å². The molecule has 1 heterocycles. The SMILES string of the molecule is COC1CC(Nc2cc(N)nc(C(C)C)n2)C1(C)C. The molecule has 3 N–H and O–H groups in total. The Kier molecular flexibility index (Phi) is 3.67. The second kappa shape index (κ2) is 4.96. The highest BCUT2D eigenvalue weighted by Gasteiger charge is 2.48. The zero-order valence-electron chi connectivity index (χ0n) is 12.4. The number of anilines is 2. The molecular formula is C14H24N4O. The summed E-state index contributed by atoms with van der Waals surface area (Å²) in [4.78, 5) is 8.78. The minimum absolute atomic E-state index is 0.104. The van der Waals surface area contributed by atoms with Gasteiger partial charge < -0.3 is 15.8 Å². The molecule has 2 unspecified atom stereocenters. The number of nitrogens with two attached hydrogens (primary N) is 1. The van der Waals surface area contributed by atoms with Gasteiger partial charge in [0.15, 0.2) is 0 Å². The van der Waals surface area contributed by atoms with Crippen LogP contribution in [0.5, 0.6) is 0 Å². The normalized spacial score (nSPS) is 25.2. The second-order valence-corrected chi connectivity index (χ2v) is 6.17. The Labute approximate surface area is 115 Å². The van der Waals surface area contributed by atoms with E-state index in [9.17, 15) is 0 Å². The van der Waals surface area contributed by atoms with E-state index < -0.39 is 0 Å². The molecule has 0 spiro atoms. The molecule has 2 atom stereocenters. The monoisotopic (exact) mass is 264 g/mol. The third-order valence-corrected chi connectivity index (χ3v) is 4.06. The first-order valence-corrected chi connectivity index (χ1v) is 6.78. The van der Waals surface area contributed by atoms with Crippen molar-refractivity contribution >= 4 is 11.6 Å². The van der Waals surface area contributed by atoms with Crippen LogP contribution in [-0.2, 0) is 4.74 Å². The van der Waals surface area contributed by atoms with Crippen molar-refractivity contribution in [3.05, 3.63) is 11.9 Å². The van der Waals surface area contributed by atoms with Crippen molar-refractivity contribution in [2.45, 2.75) is 52.2 Å². The fourth-order valence-corrected chi connectivity index (χ4v) is 2.53. The lowest BCUT2D eigenvalue weighted by Crippen LogP contribution is -2.57. The van der Waals surface area contributed by atoms with Gasteiger partial charge in [0.25, 0.3) is 0 Å². The van der Waals surface area contributed by atoms with Crippen LogP contribution in [0.3, 0.4) is 0 Å². The van der Waals surface area contributed by atoms with Crippen molar-refractivity contribution < 1.29 is 4.74 Å². The molecule has 1 aromatic heterocycles. The summed E-state index contributed by atoms with van der Waals surface area (Å²) in [7, 11) is 1.77. The highest BCUT2D eigenvalue weighted by atomic mass is 16.5. The van der Waals surface area contributed by atoms with E-state index in [1.165, 1.54) is 0 Å². The van der Waals surface area contributed by atoms with Crippen molar-refractivity contribution in [1.82, 2.24) is 9.97 Å². The maximum Gasteiger partial charge on any atom is 0.135 e. The molecule has 0 aromatic carbocycles. The van der Waals surface area contributed by atoms with Crippen LogP contribution in [-0.4, -0.2) is 29.2 Å². The summed E-state index contributed by atoms with van der Waals surface area (Å²) in [5.41, 5.74) is 5.94. The molecule has 0 saturated heterocycles. The molecule has 0 radical (unpaired) electrons. The molecule has 1 saturated carbocycles. The van der Waals surface area contributed by atoms with Gasteiger partial charge in [-0.05, 0) is 6.42 Å². The highest BCUT2D eigenvalue weighted by Crippen LogP contribution is 2.43. The van der Waals surface area contributed by atoms with Crippen molar-refractivity contribution in [2.24, 2.45) is 5.41 Å². The summed E-state index contributed by atoms with van der Waals surface area (Å²) < 4.78 is 5.46. The topological polar surface area (TPSA) is 73.1 Å². The molecule has 5 heteroatoms. The molecule has 5 nitrogen and oxygen atoms in total. The van der Waals surface area contributed by atoms with E-state index in [1.807, 2.05) is 0 Å². The Hall–Kier alpha value is -1.36. The van der Waals surface area contributed by atoms with Crippen molar-refractivity contribution in [3.63, 3.8) is 0 Å². The molecule has 1 aliphatic carbocycles. The van der Waals surface area contributed by atoms with Crippen molar-refractivity contribution in [1.29, 1.82) is 0 Å². The molecule has 2 rings (SSSR count). The average molecular weight is 264 g/mol. The first kappa shape index (κ1) is 14.1. The third-order valence-electron chi connectivity index (χ3n) is 4.06. The van der Waals surface area contributed by atoms with E-state index in [2.05, 4.69) is 43.0 Å². The van der Waals surface area contributed by atoms with Gasteiger partial charge in [-0.15, -0.1) is 0 Å². The maximum atomic E-state index is 5.84. The van der Waals surface area contributed by atoms with Crippen LogP contribution in [0.1, 0.15) is 45.9 Å². The third kappa shape index (κ3) is 2.66. The van der Waals surface area contributed by atoms with Crippen molar-refractivity contribution in [2.75, 3.05) is 18.2 Å². The van der Waals surface area contributed by atoms with Crippen LogP contribution < -0.4 is 11.1 Å². The summed E-state index contributed by atoms with van der Waals surface area (Å²) in [5.74, 6) is 2.37. The average Bonchev–Trinajstić information content (AvgIpc) is 2.33. The van der Waals surface area contributed by atoms with Gasteiger partial charge in [-0.2, -0.15) is 0 Å². The number of ether oxygens (including phenoxy) is 1. The number of rotatable bonds is 4. The van der Waals surface area contributed by atoms with Gasteiger partial charge in [0.1, 0.15) is 17.5 Å². The van der Waals surface area contributed by atoms with Crippen LogP contribution in [0.4, 0.5) is 11.6 Å². The van der Waals surface area contributed by atoms with Crippen LogP contribution in [0, 0.1) is 5.41 Å². The van der Waals surface area contributed by atoms with E-state index >= 15 is 0 Å². The fraction of sp³-hybridized carbons (Fsp3) is 0.714. The Morgan fingerprint density at radius 3 is 2.63 bits per heavy atom. The Bertz CT molecular complexity index is 459. The molecule has 0 amide bonds. The molecule has 0 bridgehead atoms. The quantitative estimate of drug-likeness (QED) is 0.873. The zero-order valence-corrected chi connectivity index (χ0v) is 12.4. The van der Waals surface area contributed by atoms with E-state index in [0.29, 0.717) is 18.0 Å². The van der Waals surface area contributed by atoms with E-state index in [1.54, 1.807) is 13.2 Å². The van der Waals surface area contributed by atoms with Gasteiger partial charge in [0.2, 0.25) is 0 Å². The van der Waals surface area contributed by atoms with Crippen LogP contribution in [0.2, 0.25) is 0 Å². The number of nitrogens with one attached hydrogen (secondary N) is 1. The summed E-state index contributed by atoms with van der Waals surface area (Å²) in [6, 6.07) is 2.15. The summed E-state index contributed by atoms with van der Waals surface area (Å²) in [6.45, 7) is 8.53. The van der Waals surface area contributed by atoms with Crippen LogP contribution in [0.15, 0.2) is 6.07 Å². The number of nitrogen functional groups attached to an aromatic ring is 1. The predicted octanol–water partition coefficient (Wildman–Crippen LogP) is 2.41. The molecule has 0 aliphatic heterocycles.